The SMILES string of the molecule is COC(=O)c1ccc(COC(=O)Cc2ccc(NC(C)=O)cc2)cc1. The van der Waals surface area contributed by atoms with Crippen LogP contribution in [-0.2, 0) is 32.1 Å². The van der Waals surface area contributed by atoms with Gasteiger partial charge in [-0.25, -0.2) is 4.79 Å². The molecule has 1 N–H and O–H groups in total. The molecule has 0 aliphatic rings. The molecule has 0 radical (unpaired) electrons. The Morgan fingerprint density at radius 2 is 1.52 bits per heavy atom. The summed E-state index contributed by atoms with van der Waals surface area (Å²) in [6, 6.07) is 13.6. The second-order valence-corrected chi connectivity index (χ2v) is 5.40. The quantitative estimate of drug-likeness (QED) is 0.817. The van der Waals surface area contributed by atoms with Crippen LogP contribution in [0, 0.1) is 0 Å². The van der Waals surface area contributed by atoms with Gasteiger partial charge in [-0.15, -0.1) is 0 Å². The Balaban J connectivity index is 1.84. The minimum Gasteiger partial charge on any atom is -0.465 e. The zero-order valence-electron chi connectivity index (χ0n) is 14.1. The van der Waals surface area contributed by atoms with Crippen molar-refractivity contribution < 1.29 is 23.9 Å². The molecule has 0 atom stereocenters. The van der Waals surface area contributed by atoms with Gasteiger partial charge in [-0.3, -0.25) is 9.59 Å². The van der Waals surface area contributed by atoms with Crippen LogP contribution in [0.5, 0.6) is 0 Å². The van der Waals surface area contributed by atoms with Gasteiger partial charge in [0.05, 0.1) is 19.1 Å². The number of esters is 2. The van der Waals surface area contributed by atoms with E-state index < -0.39 is 5.97 Å². The molecule has 0 saturated carbocycles. The second-order valence-electron chi connectivity index (χ2n) is 5.40. The van der Waals surface area contributed by atoms with Crippen molar-refractivity contribution in [1.82, 2.24) is 0 Å². The first-order valence-corrected chi connectivity index (χ1v) is 7.67. The molecular weight excluding hydrogens is 322 g/mol. The molecule has 0 unspecified atom stereocenters. The van der Waals surface area contributed by atoms with Gasteiger partial charge in [-0.05, 0) is 35.4 Å². The Morgan fingerprint density at radius 1 is 0.920 bits per heavy atom. The lowest BCUT2D eigenvalue weighted by atomic mass is 10.1. The van der Waals surface area contributed by atoms with Gasteiger partial charge in [0.25, 0.3) is 0 Å². The van der Waals surface area contributed by atoms with Crippen LogP contribution in [0.3, 0.4) is 0 Å². The highest BCUT2D eigenvalue weighted by Crippen LogP contribution is 2.11. The van der Waals surface area contributed by atoms with Crippen molar-refractivity contribution in [3.8, 4) is 0 Å². The minimum atomic E-state index is -0.411. The number of carbonyl (C=O) groups excluding carboxylic acids is 3. The topological polar surface area (TPSA) is 81.7 Å². The van der Waals surface area contributed by atoms with Crippen molar-refractivity contribution >= 4 is 23.5 Å². The predicted molar refractivity (Wildman–Crippen MR) is 92.0 cm³/mol. The Kier molecular flexibility index (Phi) is 6.28. The summed E-state index contributed by atoms with van der Waals surface area (Å²) in [5, 5.41) is 2.66. The highest BCUT2D eigenvalue weighted by atomic mass is 16.5. The molecule has 0 spiro atoms. The van der Waals surface area contributed by atoms with Crippen molar-refractivity contribution in [1.29, 1.82) is 0 Å². The van der Waals surface area contributed by atoms with Gasteiger partial charge in [0.1, 0.15) is 6.61 Å². The average Bonchev–Trinajstić information content (AvgIpc) is 2.61. The highest BCUT2D eigenvalue weighted by molar-refractivity contribution is 5.89. The van der Waals surface area contributed by atoms with Crippen molar-refractivity contribution in [3.05, 3.63) is 65.2 Å². The first kappa shape index (κ1) is 18.2. The summed E-state index contributed by atoms with van der Waals surface area (Å²) in [5.74, 6) is -0.916. The van der Waals surface area contributed by atoms with Gasteiger partial charge in [-0.1, -0.05) is 24.3 Å². The van der Waals surface area contributed by atoms with E-state index in [-0.39, 0.29) is 24.9 Å². The van der Waals surface area contributed by atoms with Crippen molar-refractivity contribution in [2.45, 2.75) is 20.0 Å². The molecule has 1 amide bonds. The third-order valence-corrected chi connectivity index (χ3v) is 3.40. The number of ether oxygens (including phenoxy) is 2. The summed E-state index contributed by atoms with van der Waals surface area (Å²) >= 11 is 0. The molecule has 0 heterocycles. The normalized spacial score (nSPS) is 10.0. The van der Waals surface area contributed by atoms with Crippen LogP contribution in [0.2, 0.25) is 0 Å². The van der Waals surface area contributed by atoms with Crippen LogP contribution in [0.4, 0.5) is 5.69 Å². The third-order valence-electron chi connectivity index (χ3n) is 3.40. The molecule has 2 rings (SSSR count). The molecule has 0 bridgehead atoms. The number of benzene rings is 2. The largest absolute Gasteiger partial charge is 0.465 e. The molecular formula is C19H19NO5. The number of rotatable bonds is 6. The first-order valence-electron chi connectivity index (χ1n) is 7.67. The first-order chi connectivity index (χ1) is 12.0. The standard InChI is InChI=1S/C19H19NO5/c1-13(21)20-17-9-5-14(6-10-17)11-18(22)25-12-15-3-7-16(8-4-15)19(23)24-2/h3-10H,11-12H2,1-2H3,(H,20,21). The van der Waals surface area contributed by atoms with Crippen molar-refractivity contribution in [2.75, 3.05) is 12.4 Å². The molecule has 0 aromatic heterocycles. The number of carbonyl (C=O) groups is 3. The van der Waals surface area contributed by atoms with Crippen molar-refractivity contribution in [2.24, 2.45) is 0 Å². The number of methoxy groups -OCH3 is 1. The lowest BCUT2D eigenvalue weighted by molar-refractivity contribution is -0.144. The fourth-order valence-electron chi connectivity index (χ4n) is 2.15. The molecule has 0 aliphatic carbocycles. The van der Waals surface area contributed by atoms with E-state index in [1.165, 1.54) is 14.0 Å². The molecule has 130 valence electrons. The monoisotopic (exact) mass is 341 g/mol. The lowest BCUT2D eigenvalue weighted by Gasteiger charge is -2.07. The molecule has 25 heavy (non-hydrogen) atoms. The molecule has 0 fully saturated rings. The summed E-state index contributed by atoms with van der Waals surface area (Å²) < 4.78 is 9.85. The number of hydrogen-bond donors (Lipinski definition) is 1. The minimum absolute atomic E-state index is 0.129. The van der Waals surface area contributed by atoms with E-state index in [1.54, 1.807) is 48.5 Å². The van der Waals surface area contributed by atoms with E-state index in [1.807, 2.05) is 0 Å². The fraction of sp³-hybridized carbons (Fsp3) is 0.211. The van der Waals surface area contributed by atoms with Gasteiger partial charge in [0, 0.05) is 12.6 Å². The Hall–Kier alpha value is -3.15. The summed E-state index contributed by atoms with van der Waals surface area (Å²) in [5.41, 5.74) is 2.69. The molecule has 2 aromatic rings. The summed E-state index contributed by atoms with van der Waals surface area (Å²) in [6.07, 6.45) is 0.139. The van der Waals surface area contributed by atoms with Crippen LogP contribution >= 0.6 is 0 Å². The van der Waals surface area contributed by atoms with Crippen LogP contribution in [-0.4, -0.2) is 25.0 Å². The molecule has 6 heteroatoms. The van der Waals surface area contributed by atoms with E-state index in [0.29, 0.717) is 11.3 Å². The third kappa shape index (κ3) is 5.76. The maximum absolute atomic E-state index is 11.9. The molecule has 6 nitrogen and oxygen atoms in total. The van der Waals surface area contributed by atoms with Crippen LogP contribution in [0.15, 0.2) is 48.5 Å². The molecule has 0 saturated heterocycles. The summed E-state index contributed by atoms with van der Waals surface area (Å²) in [4.78, 5) is 34.2. The maximum atomic E-state index is 11.9. The Bertz CT molecular complexity index is 750. The van der Waals surface area contributed by atoms with Gasteiger partial charge >= 0.3 is 11.9 Å². The van der Waals surface area contributed by atoms with Crippen LogP contribution in [0.1, 0.15) is 28.4 Å². The molecule has 0 aliphatic heterocycles. The lowest BCUT2D eigenvalue weighted by Crippen LogP contribution is -2.09. The van der Waals surface area contributed by atoms with Crippen LogP contribution in [0.25, 0.3) is 0 Å². The number of nitrogens with one attached hydrogen (secondary N) is 1. The highest BCUT2D eigenvalue weighted by Gasteiger charge is 2.08. The average molecular weight is 341 g/mol. The molecule has 2 aromatic carbocycles. The van der Waals surface area contributed by atoms with E-state index in [4.69, 9.17) is 4.74 Å². The van der Waals surface area contributed by atoms with Gasteiger partial charge in [0.2, 0.25) is 5.91 Å². The van der Waals surface area contributed by atoms with Crippen molar-refractivity contribution in [3.63, 3.8) is 0 Å². The van der Waals surface area contributed by atoms with Gasteiger partial charge in [-0.2, -0.15) is 0 Å². The van der Waals surface area contributed by atoms with E-state index >= 15 is 0 Å². The Labute approximate surface area is 145 Å². The van der Waals surface area contributed by atoms with E-state index in [9.17, 15) is 14.4 Å². The maximum Gasteiger partial charge on any atom is 0.337 e. The predicted octanol–water partition coefficient (Wildman–Crippen LogP) is 2.72. The van der Waals surface area contributed by atoms with Gasteiger partial charge in [0.15, 0.2) is 0 Å². The Morgan fingerprint density at radius 3 is 2.08 bits per heavy atom. The summed E-state index contributed by atoms with van der Waals surface area (Å²) in [7, 11) is 1.32. The van der Waals surface area contributed by atoms with E-state index in [2.05, 4.69) is 10.1 Å². The number of amides is 1. The number of anilines is 1. The second kappa shape index (κ2) is 8.63. The van der Waals surface area contributed by atoms with Crippen LogP contribution < -0.4 is 5.32 Å². The zero-order valence-corrected chi connectivity index (χ0v) is 14.1. The van der Waals surface area contributed by atoms with Gasteiger partial charge < -0.3 is 14.8 Å². The van der Waals surface area contributed by atoms with E-state index in [0.717, 1.165) is 11.1 Å². The number of hydrogen-bond acceptors (Lipinski definition) is 5. The smallest absolute Gasteiger partial charge is 0.337 e. The zero-order chi connectivity index (χ0) is 18.2. The summed E-state index contributed by atoms with van der Waals surface area (Å²) in [6.45, 7) is 1.56. The fourth-order valence-corrected chi connectivity index (χ4v) is 2.15.